The molecule has 0 spiro atoms. The van der Waals surface area contributed by atoms with Gasteiger partial charge in [0.1, 0.15) is 5.82 Å². The molecule has 3 aliphatic heterocycles. The Hall–Kier alpha value is -3.85. The lowest BCUT2D eigenvalue weighted by molar-refractivity contribution is -0.137. The number of carbonyl (C=O) groups is 1. The first-order valence-corrected chi connectivity index (χ1v) is 15.8. The molecule has 1 aliphatic carbocycles. The Balaban J connectivity index is 1.32. The molecule has 0 radical (unpaired) electrons. The van der Waals surface area contributed by atoms with Crippen molar-refractivity contribution in [2.75, 3.05) is 62.7 Å². The van der Waals surface area contributed by atoms with Crippen molar-refractivity contribution in [3.05, 3.63) is 53.7 Å². The van der Waals surface area contributed by atoms with Crippen LogP contribution in [0.25, 0.3) is 0 Å². The molecule has 1 amide bonds. The van der Waals surface area contributed by atoms with Crippen LogP contribution >= 0.6 is 0 Å². The number of hydrogen-bond acceptors (Lipinski definition) is 8. The number of carbonyl (C=O) groups excluding carboxylic acids is 1. The first-order valence-electron chi connectivity index (χ1n) is 15.8. The molecule has 4 aliphatic rings. The van der Waals surface area contributed by atoms with Crippen LogP contribution in [0, 0.1) is 22.7 Å². The Morgan fingerprint density at radius 2 is 1.96 bits per heavy atom. The third-order valence-corrected chi connectivity index (χ3v) is 10.2. The summed E-state index contributed by atoms with van der Waals surface area (Å²) >= 11 is 0. The van der Waals surface area contributed by atoms with Crippen LogP contribution in [-0.4, -0.2) is 84.6 Å². The van der Waals surface area contributed by atoms with E-state index >= 15 is 0 Å². The molecular weight excluding hydrogens is 583 g/mol. The molecule has 2 aromatic rings. The monoisotopic (exact) mass is 623 g/mol. The summed E-state index contributed by atoms with van der Waals surface area (Å²) in [6.45, 7) is 8.07. The van der Waals surface area contributed by atoms with E-state index in [1.165, 1.54) is 24.6 Å². The molecule has 240 valence electrons. The Kier molecular flexibility index (Phi) is 8.66. The second-order valence-corrected chi connectivity index (χ2v) is 12.9. The molecule has 1 aromatic carbocycles. The number of benzene rings is 1. The van der Waals surface area contributed by atoms with Crippen molar-refractivity contribution in [1.82, 2.24) is 19.8 Å². The highest BCUT2D eigenvalue weighted by Crippen LogP contribution is 2.50. The quantitative estimate of drug-likeness (QED) is 0.392. The van der Waals surface area contributed by atoms with Crippen molar-refractivity contribution in [2.45, 2.75) is 57.3 Å². The Morgan fingerprint density at radius 3 is 2.62 bits per heavy atom. The summed E-state index contributed by atoms with van der Waals surface area (Å²) in [5.74, 6) is 1.01. The number of rotatable bonds is 8. The zero-order chi connectivity index (χ0) is 31.8. The minimum atomic E-state index is -4.48. The van der Waals surface area contributed by atoms with Gasteiger partial charge >= 0.3 is 12.2 Å². The molecule has 12 heteroatoms. The lowest BCUT2D eigenvalue weighted by atomic mass is 9.61. The summed E-state index contributed by atoms with van der Waals surface area (Å²) in [5, 5.41) is 9.52. The second kappa shape index (κ2) is 12.5. The van der Waals surface area contributed by atoms with Gasteiger partial charge in [0.05, 0.1) is 42.9 Å². The van der Waals surface area contributed by atoms with Gasteiger partial charge in [-0.15, -0.1) is 0 Å². The number of nitriles is 1. The Morgan fingerprint density at radius 1 is 1.16 bits per heavy atom. The van der Waals surface area contributed by atoms with E-state index in [9.17, 15) is 23.2 Å². The number of piperazine rings is 1. The molecule has 1 unspecified atom stereocenters. The van der Waals surface area contributed by atoms with Gasteiger partial charge < -0.3 is 24.3 Å². The smallest absolute Gasteiger partial charge is 0.418 e. The number of ether oxygens (including phenoxy) is 1. The van der Waals surface area contributed by atoms with E-state index in [1.54, 1.807) is 15.9 Å². The maximum absolute atomic E-state index is 13.9. The first-order chi connectivity index (χ1) is 21.6. The minimum absolute atomic E-state index is 0.0798. The largest absolute Gasteiger partial charge is 0.463 e. The number of aromatic nitrogens is 2. The summed E-state index contributed by atoms with van der Waals surface area (Å²) in [4.78, 5) is 30.1. The van der Waals surface area contributed by atoms with Crippen LogP contribution in [0.15, 0.2) is 36.9 Å². The molecule has 45 heavy (non-hydrogen) atoms. The van der Waals surface area contributed by atoms with Crippen molar-refractivity contribution in [2.24, 2.45) is 11.3 Å². The fourth-order valence-electron chi connectivity index (χ4n) is 7.59. The summed E-state index contributed by atoms with van der Waals surface area (Å²) < 4.78 is 48.3. The number of fused-ring (bicyclic) bond motifs is 1. The second-order valence-electron chi connectivity index (χ2n) is 12.9. The van der Waals surface area contributed by atoms with Crippen LogP contribution in [0.3, 0.4) is 0 Å². The fraction of sp³-hybridized carbons (Fsp3) is 0.576. The average molecular weight is 624 g/mol. The number of amides is 1. The number of alkyl halides is 3. The average Bonchev–Trinajstić information content (AvgIpc) is 3.45. The van der Waals surface area contributed by atoms with E-state index in [-0.39, 0.29) is 42.0 Å². The highest BCUT2D eigenvalue weighted by molar-refractivity contribution is 5.87. The van der Waals surface area contributed by atoms with Gasteiger partial charge in [0.25, 0.3) is 0 Å². The number of likely N-dealkylation sites (tertiary alicyclic amines) is 1. The molecule has 2 atom stereocenters. The van der Waals surface area contributed by atoms with Crippen LogP contribution in [0.2, 0.25) is 0 Å². The van der Waals surface area contributed by atoms with Crippen molar-refractivity contribution in [3.8, 4) is 12.1 Å². The van der Waals surface area contributed by atoms with Gasteiger partial charge in [-0.25, -0.2) is 0 Å². The molecule has 1 aromatic heterocycles. The van der Waals surface area contributed by atoms with E-state index < -0.39 is 11.7 Å². The van der Waals surface area contributed by atoms with Crippen LogP contribution in [0.5, 0.6) is 6.01 Å². The third kappa shape index (κ3) is 6.19. The Bertz CT molecular complexity index is 1470. The van der Waals surface area contributed by atoms with Gasteiger partial charge in [0.15, 0.2) is 0 Å². The Labute approximate surface area is 262 Å². The van der Waals surface area contributed by atoms with Gasteiger partial charge in [0, 0.05) is 49.4 Å². The molecule has 4 heterocycles. The first kappa shape index (κ1) is 31.1. The van der Waals surface area contributed by atoms with Gasteiger partial charge in [-0.3, -0.25) is 4.79 Å². The van der Waals surface area contributed by atoms with Crippen molar-refractivity contribution >= 4 is 17.4 Å². The fourth-order valence-corrected chi connectivity index (χ4v) is 7.59. The molecule has 2 saturated heterocycles. The molecule has 6 rings (SSSR count). The van der Waals surface area contributed by atoms with E-state index in [1.807, 2.05) is 0 Å². The van der Waals surface area contributed by atoms with Crippen LogP contribution in [-0.2, 0) is 23.9 Å². The van der Waals surface area contributed by atoms with Crippen LogP contribution < -0.4 is 14.5 Å². The van der Waals surface area contributed by atoms with E-state index in [0.717, 1.165) is 44.0 Å². The van der Waals surface area contributed by atoms with Crippen molar-refractivity contribution in [1.29, 1.82) is 5.26 Å². The lowest BCUT2D eigenvalue weighted by Crippen LogP contribution is -2.55. The summed E-state index contributed by atoms with van der Waals surface area (Å²) in [7, 11) is 2.15. The standard InChI is InChI=1S/C33H40F3N7O2/c1-3-29(44)43-18-17-42(20-24(43)9-14-37)30-25-11-16-41(28-8-5-4-7-26(28)33(34,35)36)21-27(25)38-31(39-30)45-22-32(12-6-13-32)23-10-15-40(2)19-23/h3-5,7-8,23-24H,1,6,9-13,15-22H2,2H3/t23?,24-/m0/s1. The van der Waals surface area contributed by atoms with E-state index in [4.69, 9.17) is 14.7 Å². The minimum Gasteiger partial charge on any atom is -0.463 e. The highest BCUT2D eigenvalue weighted by atomic mass is 19.4. The summed E-state index contributed by atoms with van der Waals surface area (Å²) in [6, 6.07) is 7.73. The summed E-state index contributed by atoms with van der Waals surface area (Å²) in [6.07, 6.45) is 1.90. The van der Waals surface area contributed by atoms with Gasteiger partial charge in [-0.1, -0.05) is 25.1 Å². The number of halogens is 3. The molecule has 9 nitrogen and oxygen atoms in total. The third-order valence-electron chi connectivity index (χ3n) is 10.2. The zero-order valence-corrected chi connectivity index (χ0v) is 25.7. The number of hydrogen-bond donors (Lipinski definition) is 0. The number of anilines is 2. The molecular formula is C33H40F3N7O2. The lowest BCUT2D eigenvalue weighted by Gasteiger charge is -2.46. The topological polar surface area (TPSA) is 88.8 Å². The highest BCUT2D eigenvalue weighted by Gasteiger charge is 2.47. The van der Waals surface area contributed by atoms with Gasteiger partial charge in [-0.2, -0.15) is 28.4 Å². The number of para-hydroxylation sites is 1. The molecule has 1 saturated carbocycles. The maximum Gasteiger partial charge on any atom is 0.418 e. The SMILES string of the molecule is C=CC(=O)N1CCN(c2nc(OCC3(C4CCN(C)C4)CCC3)nc3c2CCN(c2ccccc2C(F)(F)F)C3)C[C@@H]1CC#N. The molecule has 0 bridgehead atoms. The van der Waals surface area contributed by atoms with Crippen molar-refractivity contribution < 1.29 is 22.7 Å². The zero-order valence-electron chi connectivity index (χ0n) is 25.7. The molecule has 0 N–H and O–H groups in total. The predicted molar refractivity (Wildman–Crippen MR) is 164 cm³/mol. The van der Waals surface area contributed by atoms with E-state index in [0.29, 0.717) is 56.6 Å². The van der Waals surface area contributed by atoms with Gasteiger partial charge in [-0.05, 0) is 63.4 Å². The normalized spacial score (nSPS) is 23.2. The van der Waals surface area contributed by atoms with Crippen LogP contribution in [0.1, 0.15) is 48.9 Å². The van der Waals surface area contributed by atoms with E-state index in [2.05, 4.69) is 29.5 Å². The molecule has 3 fully saturated rings. The van der Waals surface area contributed by atoms with Crippen LogP contribution in [0.4, 0.5) is 24.7 Å². The predicted octanol–water partition coefficient (Wildman–Crippen LogP) is 4.68. The summed E-state index contributed by atoms with van der Waals surface area (Å²) in [5.41, 5.74) is 1.05. The maximum atomic E-state index is 13.9. The van der Waals surface area contributed by atoms with Gasteiger partial charge in [0.2, 0.25) is 5.91 Å². The number of nitrogens with zero attached hydrogens (tertiary/aromatic N) is 7. The van der Waals surface area contributed by atoms with Crippen molar-refractivity contribution in [3.63, 3.8) is 0 Å².